The molecule has 1 fully saturated rings. The van der Waals surface area contributed by atoms with Gasteiger partial charge >= 0.3 is 0 Å². The van der Waals surface area contributed by atoms with Crippen molar-refractivity contribution >= 4 is 27.7 Å². The number of rotatable bonds is 9. The molecule has 4 rings (SSSR count). The molecule has 2 aromatic carbocycles. The van der Waals surface area contributed by atoms with E-state index in [1.54, 1.807) is 31.4 Å². The third kappa shape index (κ3) is 5.99. The number of hydrogen-bond acceptors (Lipinski definition) is 9. The van der Waals surface area contributed by atoms with Crippen LogP contribution in [0.15, 0.2) is 52.5 Å². The molecule has 3 aromatic rings. The summed E-state index contributed by atoms with van der Waals surface area (Å²) >= 11 is 1.20. The minimum atomic E-state index is -3.55. The van der Waals surface area contributed by atoms with Gasteiger partial charge in [-0.1, -0.05) is 30.0 Å². The summed E-state index contributed by atoms with van der Waals surface area (Å²) in [5.41, 5.74) is 2.50. The van der Waals surface area contributed by atoms with Gasteiger partial charge in [0.1, 0.15) is 11.4 Å². The maximum Gasteiger partial charge on any atom is 0.243 e. The normalized spacial score (nSPS) is 14.6. The number of hydrogen-bond donors (Lipinski definition) is 1. The summed E-state index contributed by atoms with van der Waals surface area (Å²) < 4.78 is 39.0. The van der Waals surface area contributed by atoms with Crippen molar-refractivity contribution < 1.29 is 22.7 Å². The number of aryl methyl sites for hydroxylation is 1. The molecule has 0 unspecified atom stereocenters. The van der Waals surface area contributed by atoms with Crippen molar-refractivity contribution in [2.75, 3.05) is 39.2 Å². The molecule has 0 aliphatic carbocycles. The molecule has 1 saturated heterocycles. The average Bonchev–Trinajstić information content (AvgIpc) is 3.35. The molecule has 2 heterocycles. The fourth-order valence-electron chi connectivity index (χ4n) is 3.48. The van der Waals surface area contributed by atoms with Crippen LogP contribution in [-0.2, 0) is 26.1 Å². The highest BCUT2D eigenvalue weighted by Gasteiger charge is 2.26. The smallest absolute Gasteiger partial charge is 0.243 e. The lowest BCUT2D eigenvalue weighted by Gasteiger charge is -2.26. The Balaban J connectivity index is 1.32. The molecule has 1 amide bonds. The quantitative estimate of drug-likeness (QED) is 0.418. The van der Waals surface area contributed by atoms with Crippen molar-refractivity contribution in [3.8, 4) is 11.4 Å². The molecule has 13 heteroatoms. The minimum Gasteiger partial charge on any atom is -0.494 e. The predicted octanol–water partition coefficient (Wildman–Crippen LogP) is 1.41. The molecule has 11 nitrogen and oxygen atoms in total. The second-order valence-electron chi connectivity index (χ2n) is 7.77. The van der Waals surface area contributed by atoms with Crippen LogP contribution < -0.4 is 10.1 Å². The molecule has 1 aliphatic heterocycles. The van der Waals surface area contributed by atoms with Crippen molar-refractivity contribution in [1.29, 1.82) is 0 Å². The lowest BCUT2D eigenvalue weighted by molar-refractivity contribution is -0.118. The Morgan fingerprint density at radius 2 is 1.91 bits per heavy atom. The molecule has 0 radical (unpaired) electrons. The maximum absolute atomic E-state index is 12.7. The summed E-state index contributed by atoms with van der Waals surface area (Å²) in [7, 11) is -1.97. The first-order valence-electron chi connectivity index (χ1n) is 10.9. The maximum atomic E-state index is 12.7. The molecule has 0 atom stereocenters. The van der Waals surface area contributed by atoms with Crippen LogP contribution in [0, 0.1) is 6.92 Å². The number of ether oxygens (including phenoxy) is 2. The summed E-state index contributed by atoms with van der Waals surface area (Å²) in [5, 5.41) is 15.1. The monoisotopic (exact) mass is 518 g/mol. The zero-order chi connectivity index (χ0) is 24.8. The van der Waals surface area contributed by atoms with E-state index in [9.17, 15) is 13.2 Å². The Bertz CT molecular complexity index is 1270. The number of thioether (sulfide) groups is 1. The Labute approximate surface area is 207 Å². The van der Waals surface area contributed by atoms with Crippen LogP contribution in [0.3, 0.4) is 0 Å². The average molecular weight is 519 g/mol. The van der Waals surface area contributed by atoms with Crippen LogP contribution in [0.25, 0.3) is 5.69 Å². The van der Waals surface area contributed by atoms with E-state index in [1.165, 1.54) is 20.7 Å². The Morgan fingerprint density at radius 1 is 1.17 bits per heavy atom. The largest absolute Gasteiger partial charge is 0.494 e. The number of morpholine rings is 1. The summed E-state index contributed by atoms with van der Waals surface area (Å²) in [6, 6.07) is 12.2. The number of tetrazole rings is 1. The summed E-state index contributed by atoms with van der Waals surface area (Å²) in [6.07, 6.45) is 0. The number of nitrogens with one attached hydrogen (secondary N) is 1. The van der Waals surface area contributed by atoms with E-state index in [0.717, 1.165) is 11.1 Å². The standard InChI is InChI=1S/C22H26N6O5S2/c1-16-3-8-20(32-2)19(13-16)28-22(24-25-26-28)34-15-21(29)23-14-17-4-6-18(7-5-17)35(30,31)27-9-11-33-12-10-27/h3-8,13H,9-12,14-15H2,1-2H3,(H,23,29). The second kappa shape index (κ2) is 11.2. The highest BCUT2D eigenvalue weighted by Crippen LogP contribution is 2.27. The predicted molar refractivity (Wildman–Crippen MR) is 129 cm³/mol. The highest BCUT2D eigenvalue weighted by molar-refractivity contribution is 7.99. The molecule has 0 spiro atoms. The second-order valence-corrected chi connectivity index (χ2v) is 10.7. The summed E-state index contributed by atoms with van der Waals surface area (Å²) in [6.45, 7) is 3.71. The van der Waals surface area contributed by atoms with Crippen LogP contribution in [0.2, 0.25) is 0 Å². The number of sulfonamides is 1. The van der Waals surface area contributed by atoms with E-state index in [1.807, 2.05) is 25.1 Å². The van der Waals surface area contributed by atoms with E-state index in [2.05, 4.69) is 20.8 Å². The Morgan fingerprint density at radius 3 is 2.63 bits per heavy atom. The van der Waals surface area contributed by atoms with Gasteiger partial charge in [0.05, 0.1) is 31.0 Å². The van der Waals surface area contributed by atoms with Gasteiger partial charge in [-0.2, -0.15) is 8.99 Å². The van der Waals surface area contributed by atoms with Crippen LogP contribution in [0.5, 0.6) is 5.75 Å². The van der Waals surface area contributed by atoms with Gasteiger partial charge in [0, 0.05) is 19.6 Å². The van der Waals surface area contributed by atoms with Crippen LogP contribution in [0.4, 0.5) is 0 Å². The van der Waals surface area contributed by atoms with Crippen molar-refractivity contribution in [2.24, 2.45) is 0 Å². The van der Waals surface area contributed by atoms with Gasteiger partial charge in [-0.05, 0) is 52.7 Å². The fraction of sp³-hybridized carbons (Fsp3) is 0.364. The van der Waals surface area contributed by atoms with Crippen molar-refractivity contribution in [3.63, 3.8) is 0 Å². The van der Waals surface area contributed by atoms with Gasteiger partial charge in [-0.15, -0.1) is 5.10 Å². The first-order chi connectivity index (χ1) is 16.9. The third-order valence-corrected chi connectivity index (χ3v) is 8.19. The molecule has 1 aliphatic rings. The SMILES string of the molecule is COc1ccc(C)cc1-n1nnnc1SCC(=O)NCc1ccc(S(=O)(=O)N2CCOCC2)cc1. The zero-order valence-electron chi connectivity index (χ0n) is 19.4. The van der Waals surface area contributed by atoms with Crippen LogP contribution in [0.1, 0.15) is 11.1 Å². The lowest BCUT2D eigenvalue weighted by atomic mass is 10.2. The van der Waals surface area contributed by atoms with Gasteiger partial charge in [0.2, 0.25) is 21.1 Å². The van der Waals surface area contributed by atoms with Crippen LogP contribution >= 0.6 is 11.8 Å². The van der Waals surface area contributed by atoms with Gasteiger partial charge in [-0.25, -0.2) is 8.42 Å². The molecular weight excluding hydrogens is 492 g/mol. The first kappa shape index (κ1) is 25.1. The molecule has 35 heavy (non-hydrogen) atoms. The van der Waals surface area contributed by atoms with Crippen molar-refractivity contribution in [1.82, 2.24) is 29.8 Å². The Hall–Kier alpha value is -3.00. The van der Waals surface area contributed by atoms with Crippen molar-refractivity contribution in [2.45, 2.75) is 23.5 Å². The number of methoxy groups -OCH3 is 1. The lowest BCUT2D eigenvalue weighted by Crippen LogP contribution is -2.40. The number of benzene rings is 2. The highest BCUT2D eigenvalue weighted by atomic mass is 32.2. The van der Waals surface area contributed by atoms with Crippen LogP contribution in [-0.4, -0.2) is 78.0 Å². The number of nitrogens with zero attached hydrogens (tertiary/aromatic N) is 5. The molecule has 0 saturated carbocycles. The number of carbonyl (C=O) groups is 1. The molecule has 186 valence electrons. The van der Waals surface area contributed by atoms with Gasteiger partial charge in [0.25, 0.3) is 0 Å². The van der Waals surface area contributed by atoms with E-state index >= 15 is 0 Å². The number of aromatic nitrogens is 4. The Kier molecular flexibility index (Phi) is 8.00. The molecule has 1 N–H and O–H groups in total. The fourth-order valence-corrected chi connectivity index (χ4v) is 5.60. The third-order valence-electron chi connectivity index (χ3n) is 5.36. The molecule has 1 aromatic heterocycles. The van der Waals surface area contributed by atoms with Crippen molar-refractivity contribution in [3.05, 3.63) is 53.6 Å². The van der Waals surface area contributed by atoms with Gasteiger partial charge in [-0.3, -0.25) is 4.79 Å². The topological polar surface area (TPSA) is 129 Å². The van der Waals surface area contributed by atoms with E-state index in [-0.39, 0.29) is 23.1 Å². The van der Waals surface area contributed by atoms with E-state index < -0.39 is 10.0 Å². The summed E-state index contributed by atoms with van der Waals surface area (Å²) in [5.74, 6) is 0.525. The van der Waals surface area contributed by atoms with E-state index in [4.69, 9.17) is 9.47 Å². The van der Waals surface area contributed by atoms with Gasteiger partial charge in [0.15, 0.2) is 0 Å². The number of carbonyl (C=O) groups excluding carboxylic acids is 1. The number of amides is 1. The summed E-state index contributed by atoms with van der Waals surface area (Å²) in [4.78, 5) is 12.6. The molecular formula is C22H26N6O5S2. The molecule has 0 bridgehead atoms. The minimum absolute atomic E-state index is 0.109. The van der Waals surface area contributed by atoms with E-state index in [0.29, 0.717) is 42.9 Å². The zero-order valence-corrected chi connectivity index (χ0v) is 21.0. The van der Waals surface area contributed by atoms with Gasteiger partial charge < -0.3 is 14.8 Å². The first-order valence-corrected chi connectivity index (χ1v) is 13.3.